The number of hydrogen-bond donors (Lipinski definition) is 1. The lowest BCUT2D eigenvalue weighted by atomic mass is 10.1. The fraction of sp³-hybridized carbons (Fsp3) is 1.00. The van der Waals surface area contributed by atoms with E-state index < -0.39 is 22.0 Å². The summed E-state index contributed by atoms with van der Waals surface area (Å²) >= 11 is 0. The van der Waals surface area contributed by atoms with Gasteiger partial charge in [-0.05, 0) is 6.42 Å². The monoisotopic (exact) mass is 483 g/mol. The molecule has 0 aromatic rings. The second-order valence-electron chi connectivity index (χ2n) is 9.08. The highest BCUT2D eigenvalue weighted by atomic mass is 32.2. The van der Waals surface area contributed by atoms with Crippen LogP contribution in [0.15, 0.2) is 0 Å². The second-order valence-corrected chi connectivity index (χ2v) is 10.5. The molecule has 194 valence electrons. The SMILES string of the molecule is CCCCCCCCCCCCCCOCCOCCO[N+](C)(C)CC(O)CS(=O)(=O)[O-]. The molecule has 0 fully saturated rings. The molecule has 0 heterocycles. The predicted octanol–water partition coefficient (Wildman–Crippen LogP) is 3.63. The van der Waals surface area contributed by atoms with Gasteiger partial charge in [0.05, 0.1) is 49.8 Å². The van der Waals surface area contributed by atoms with Crippen molar-refractivity contribution in [1.29, 1.82) is 0 Å². The van der Waals surface area contributed by atoms with E-state index in [0.29, 0.717) is 26.4 Å². The van der Waals surface area contributed by atoms with E-state index in [1.165, 1.54) is 70.6 Å². The molecular weight excluding hydrogens is 434 g/mol. The molecule has 0 aliphatic carbocycles. The largest absolute Gasteiger partial charge is 0.748 e. The Morgan fingerprint density at radius 3 is 1.69 bits per heavy atom. The highest BCUT2D eigenvalue weighted by molar-refractivity contribution is 7.85. The zero-order chi connectivity index (χ0) is 24.1. The Bertz CT molecular complexity index is 514. The van der Waals surface area contributed by atoms with Crippen molar-refractivity contribution in [2.45, 2.75) is 90.1 Å². The first-order valence-electron chi connectivity index (χ1n) is 12.4. The number of rotatable bonds is 24. The van der Waals surface area contributed by atoms with Crippen LogP contribution < -0.4 is 0 Å². The molecule has 0 spiro atoms. The Balaban J connectivity index is 3.35. The van der Waals surface area contributed by atoms with Gasteiger partial charge >= 0.3 is 0 Å². The van der Waals surface area contributed by atoms with E-state index in [1.54, 1.807) is 14.1 Å². The Labute approximate surface area is 196 Å². The molecular formula is C23H49NO7S. The summed E-state index contributed by atoms with van der Waals surface area (Å²) in [7, 11) is -1.10. The molecule has 8 nitrogen and oxygen atoms in total. The van der Waals surface area contributed by atoms with Crippen molar-refractivity contribution in [3.8, 4) is 0 Å². The molecule has 32 heavy (non-hydrogen) atoms. The first-order chi connectivity index (χ1) is 15.2. The summed E-state index contributed by atoms with van der Waals surface area (Å²) in [5.74, 6) is -0.814. The third kappa shape index (κ3) is 24.4. The van der Waals surface area contributed by atoms with Crippen molar-refractivity contribution >= 4 is 10.1 Å². The number of nitrogens with zero attached hydrogens (tertiary/aromatic N) is 1. The van der Waals surface area contributed by atoms with Gasteiger partial charge in [0.1, 0.15) is 19.3 Å². The zero-order valence-electron chi connectivity index (χ0n) is 20.8. The minimum Gasteiger partial charge on any atom is -0.748 e. The molecule has 0 saturated heterocycles. The van der Waals surface area contributed by atoms with Crippen LogP contribution in [0, 0.1) is 0 Å². The van der Waals surface area contributed by atoms with Gasteiger partial charge in [-0.2, -0.15) is 4.65 Å². The lowest BCUT2D eigenvalue weighted by Gasteiger charge is -2.29. The average molecular weight is 484 g/mol. The summed E-state index contributed by atoms with van der Waals surface area (Å²) in [4.78, 5) is 5.56. The molecule has 1 unspecified atom stereocenters. The topological polar surface area (TPSA) is 105 Å². The van der Waals surface area contributed by atoms with E-state index in [0.717, 1.165) is 13.0 Å². The van der Waals surface area contributed by atoms with Crippen molar-refractivity contribution in [3.05, 3.63) is 0 Å². The number of unbranched alkanes of at least 4 members (excludes halogenated alkanes) is 11. The highest BCUT2D eigenvalue weighted by Gasteiger charge is 2.23. The number of aliphatic hydroxyl groups excluding tert-OH is 1. The number of aliphatic hydroxyl groups is 1. The molecule has 1 N–H and O–H groups in total. The van der Waals surface area contributed by atoms with Crippen molar-refractivity contribution in [2.75, 3.05) is 59.4 Å². The van der Waals surface area contributed by atoms with Crippen molar-refractivity contribution in [2.24, 2.45) is 0 Å². The number of quaternary nitrogens is 1. The van der Waals surface area contributed by atoms with Crippen molar-refractivity contribution < 1.29 is 37.0 Å². The second kappa shape index (κ2) is 20.1. The van der Waals surface area contributed by atoms with Crippen molar-refractivity contribution in [1.82, 2.24) is 0 Å². The van der Waals surface area contributed by atoms with Crippen molar-refractivity contribution in [3.63, 3.8) is 0 Å². The molecule has 0 aromatic carbocycles. The molecule has 0 rings (SSSR count). The zero-order valence-corrected chi connectivity index (χ0v) is 21.6. The van der Waals surface area contributed by atoms with E-state index in [9.17, 15) is 18.1 Å². The predicted molar refractivity (Wildman–Crippen MR) is 126 cm³/mol. The Kier molecular flexibility index (Phi) is 19.9. The third-order valence-corrected chi connectivity index (χ3v) is 6.02. The Morgan fingerprint density at radius 2 is 1.19 bits per heavy atom. The van der Waals surface area contributed by atoms with Gasteiger partial charge < -0.3 is 19.1 Å². The van der Waals surface area contributed by atoms with Gasteiger partial charge in [-0.15, -0.1) is 0 Å². The normalized spacial score (nSPS) is 13.5. The van der Waals surface area contributed by atoms with Gasteiger partial charge in [-0.1, -0.05) is 77.6 Å². The van der Waals surface area contributed by atoms with Crippen LogP contribution in [0.3, 0.4) is 0 Å². The summed E-state index contributed by atoms with van der Waals surface area (Å²) in [5, 5.41) is 9.66. The van der Waals surface area contributed by atoms with Crippen LogP contribution in [0.25, 0.3) is 0 Å². The Hall–Kier alpha value is -0.290. The molecule has 1 atom stereocenters. The third-order valence-electron chi connectivity index (χ3n) is 5.23. The van der Waals surface area contributed by atoms with Gasteiger partial charge in [0, 0.05) is 6.61 Å². The van der Waals surface area contributed by atoms with Gasteiger partial charge in [-0.25, -0.2) is 13.3 Å². The maximum Gasteiger partial charge on any atom is 0.135 e. The molecule has 0 amide bonds. The van der Waals surface area contributed by atoms with Crippen LogP contribution in [-0.4, -0.2) is 88.3 Å². The molecule has 0 radical (unpaired) electrons. The first-order valence-corrected chi connectivity index (χ1v) is 14.0. The van der Waals surface area contributed by atoms with Gasteiger partial charge in [0.15, 0.2) is 0 Å². The smallest absolute Gasteiger partial charge is 0.135 e. The summed E-state index contributed by atoms with van der Waals surface area (Å²) in [6.07, 6.45) is 14.7. The lowest BCUT2D eigenvalue weighted by molar-refractivity contribution is -1.08. The summed E-state index contributed by atoms with van der Waals surface area (Å²) < 4.78 is 43.0. The number of hydroxylamine groups is 3. The highest BCUT2D eigenvalue weighted by Crippen LogP contribution is 2.12. The summed E-state index contributed by atoms with van der Waals surface area (Å²) in [6.45, 7) is 4.74. The maximum atomic E-state index is 10.7. The van der Waals surface area contributed by atoms with Crippen LogP contribution in [0.1, 0.15) is 84.0 Å². The number of hydrogen-bond acceptors (Lipinski definition) is 7. The average Bonchev–Trinajstić information content (AvgIpc) is 2.67. The molecule has 9 heteroatoms. The van der Waals surface area contributed by atoms with Gasteiger partial charge in [0.2, 0.25) is 0 Å². The minimum atomic E-state index is -4.45. The summed E-state index contributed by atoms with van der Waals surface area (Å²) in [6, 6.07) is 0. The Morgan fingerprint density at radius 1 is 0.750 bits per heavy atom. The summed E-state index contributed by atoms with van der Waals surface area (Å²) in [5.41, 5.74) is 0. The molecule has 0 saturated carbocycles. The molecule has 0 aliphatic heterocycles. The van der Waals surface area contributed by atoms with Crippen LogP contribution >= 0.6 is 0 Å². The number of likely N-dealkylation sites (N-methyl/N-ethyl adjacent to an activating group) is 1. The van der Waals surface area contributed by atoms with Gasteiger partial charge in [-0.3, -0.25) is 0 Å². The van der Waals surface area contributed by atoms with E-state index in [-0.39, 0.29) is 11.2 Å². The van der Waals surface area contributed by atoms with E-state index >= 15 is 0 Å². The fourth-order valence-corrected chi connectivity index (χ4v) is 4.14. The van der Waals surface area contributed by atoms with Crippen LogP contribution in [0.5, 0.6) is 0 Å². The van der Waals surface area contributed by atoms with Gasteiger partial charge in [0.25, 0.3) is 0 Å². The lowest BCUT2D eigenvalue weighted by Crippen LogP contribution is -2.47. The van der Waals surface area contributed by atoms with E-state index in [4.69, 9.17) is 14.3 Å². The quantitative estimate of drug-likeness (QED) is 0.0967. The molecule has 0 aromatic heterocycles. The van der Waals surface area contributed by atoms with E-state index in [2.05, 4.69) is 6.92 Å². The maximum absolute atomic E-state index is 10.7. The minimum absolute atomic E-state index is 0.00360. The molecule has 0 bridgehead atoms. The van der Waals surface area contributed by atoms with E-state index in [1.807, 2.05) is 0 Å². The fourth-order valence-electron chi connectivity index (χ4n) is 3.56. The van der Waals surface area contributed by atoms with Crippen LogP contribution in [0.4, 0.5) is 0 Å². The standard InChI is InChI=1S/C23H49NO7S/c1-4-5-6-7-8-9-10-11-12-13-14-15-16-29-17-18-30-19-20-31-24(2,3)21-23(25)22-32(26,27)28/h23,25H,4-22H2,1-3H3. The van der Waals surface area contributed by atoms with Crippen LogP contribution in [-0.2, 0) is 24.4 Å². The first kappa shape index (κ1) is 31.7. The number of ether oxygens (including phenoxy) is 2. The van der Waals surface area contributed by atoms with Crippen LogP contribution in [0.2, 0.25) is 0 Å². The molecule has 0 aliphatic rings.